The predicted octanol–water partition coefficient (Wildman–Crippen LogP) is 1.09. The second-order valence-corrected chi connectivity index (χ2v) is 6.05. The number of aliphatic hydroxyl groups excluding tert-OH is 1. The van der Waals surface area contributed by atoms with Crippen molar-refractivity contribution in [3.63, 3.8) is 0 Å². The summed E-state index contributed by atoms with van der Waals surface area (Å²) < 4.78 is 0. The van der Waals surface area contributed by atoms with Crippen LogP contribution in [-0.2, 0) is 11.4 Å². The summed E-state index contributed by atoms with van der Waals surface area (Å²) >= 11 is 1.57. The quantitative estimate of drug-likeness (QED) is 0.811. The number of thioether (sulfide) groups is 1. The number of carbonyl (C=O) groups excluding carboxylic acids is 1. The van der Waals surface area contributed by atoms with Crippen molar-refractivity contribution in [3.05, 3.63) is 29.8 Å². The van der Waals surface area contributed by atoms with E-state index >= 15 is 0 Å². The van der Waals surface area contributed by atoms with Gasteiger partial charge in [-0.1, -0.05) is 12.1 Å². The Hall–Kier alpha value is -1.04. The van der Waals surface area contributed by atoms with Crippen LogP contribution >= 0.6 is 11.8 Å². The third-order valence-electron chi connectivity index (χ3n) is 3.20. The van der Waals surface area contributed by atoms with Gasteiger partial charge in [0.05, 0.1) is 11.9 Å². The van der Waals surface area contributed by atoms with Crippen molar-refractivity contribution in [1.82, 2.24) is 10.2 Å². The van der Waals surface area contributed by atoms with Crippen LogP contribution in [0.5, 0.6) is 0 Å². The molecule has 1 aliphatic heterocycles. The highest BCUT2D eigenvalue weighted by atomic mass is 32.2. The van der Waals surface area contributed by atoms with E-state index in [4.69, 9.17) is 5.11 Å². The maximum absolute atomic E-state index is 12.3. The van der Waals surface area contributed by atoms with Crippen molar-refractivity contribution < 1.29 is 9.90 Å². The highest BCUT2D eigenvalue weighted by Gasteiger charge is 2.22. The molecule has 1 unspecified atom stereocenters. The van der Waals surface area contributed by atoms with E-state index in [-0.39, 0.29) is 17.8 Å². The Kier molecular flexibility index (Phi) is 5.24. The summed E-state index contributed by atoms with van der Waals surface area (Å²) in [6.07, 6.45) is 0. The first-order chi connectivity index (χ1) is 9.20. The van der Waals surface area contributed by atoms with E-state index in [1.165, 1.54) is 0 Å². The van der Waals surface area contributed by atoms with Crippen LogP contribution in [0.1, 0.15) is 12.5 Å². The lowest BCUT2D eigenvalue weighted by atomic mass is 10.2. The van der Waals surface area contributed by atoms with Gasteiger partial charge in [0.25, 0.3) is 0 Å². The fourth-order valence-electron chi connectivity index (χ4n) is 2.07. The summed E-state index contributed by atoms with van der Waals surface area (Å²) in [7, 11) is 0. The van der Waals surface area contributed by atoms with Crippen LogP contribution in [0.25, 0.3) is 0 Å². The first-order valence-corrected chi connectivity index (χ1v) is 7.44. The van der Waals surface area contributed by atoms with Crippen LogP contribution < -0.4 is 5.32 Å². The summed E-state index contributed by atoms with van der Waals surface area (Å²) in [6.45, 7) is 5.37. The second-order valence-electron chi connectivity index (χ2n) is 4.64. The molecule has 4 nitrogen and oxygen atoms in total. The van der Waals surface area contributed by atoms with Gasteiger partial charge in [0, 0.05) is 31.1 Å². The lowest BCUT2D eigenvalue weighted by molar-refractivity contribution is -0.130. The lowest BCUT2D eigenvalue weighted by Gasteiger charge is -2.29. The van der Waals surface area contributed by atoms with Crippen LogP contribution in [0, 0.1) is 0 Å². The van der Waals surface area contributed by atoms with Crippen molar-refractivity contribution in [3.8, 4) is 0 Å². The summed E-state index contributed by atoms with van der Waals surface area (Å²) in [5.41, 5.74) is 0.894. The van der Waals surface area contributed by atoms with Crippen LogP contribution in [0.2, 0.25) is 0 Å². The average Bonchev–Trinajstić information content (AvgIpc) is 2.48. The zero-order valence-corrected chi connectivity index (χ0v) is 11.9. The summed E-state index contributed by atoms with van der Waals surface area (Å²) in [6, 6.07) is 7.70. The Morgan fingerprint density at radius 1 is 1.37 bits per heavy atom. The number of rotatable bonds is 4. The monoisotopic (exact) mass is 280 g/mol. The van der Waals surface area contributed by atoms with Crippen LogP contribution in [-0.4, -0.2) is 47.3 Å². The molecule has 0 radical (unpaired) electrons. The summed E-state index contributed by atoms with van der Waals surface area (Å²) in [4.78, 5) is 15.3. The van der Waals surface area contributed by atoms with Gasteiger partial charge in [-0.15, -0.1) is 11.8 Å². The van der Waals surface area contributed by atoms with Gasteiger partial charge in [0.15, 0.2) is 0 Å². The normalized spacial score (nSPS) is 17.3. The molecule has 2 rings (SSSR count). The van der Waals surface area contributed by atoms with E-state index in [0.29, 0.717) is 0 Å². The number of hydrogen-bond donors (Lipinski definition) is 2. The highest BCUT2D eigenvalue weighted by molar-refractivity contribution is 8.00. The first-order valence-electron chi connectivity index (χ1n) is 6.56. The number of piperazine rings is 1. The lowest BCUT2D eigenvalue weighted by Crippen LogP contribution is -2.48. The van der Waals surface area contributed by atoms with Crippen LogP contribution in [0.4, 0.5) is 0 Å². The highest BCUT2D eigenvalue weighted by Crippen LogP contribution is 2.25. The number of hydrogen-bond acceptors (Lipinski definition) is 4. The number of benzene rings is 1. The molecule has 0 aromatic heterocycles. The first kappa shape index (κ1) is 14.4. The smallest absolute Gasteiger partial charge is 0.235 e. The molecule has 1 atom stereocenters. The molecule has 1 aromatic rings. The summed E-state index contributed by atoms with van der Waals surface area (Å²) in [5, 5.41) is 12.2. The van der Waals surface area contributed by atoms with Crippen molar-refractivity contribution >= 4 is 17.7 Å². The molecule has 1 aliphatic rings. The minimum Gasteiger partial charge on any atom is -0.392 e. The van der Waals surface area contributed by atoms with Crippen LogP contribution in [0.15, 0.2) is 29.2 Å². The van der Waals surface area contributed by atoms with Gasteiger partial charge in [0.1, 0.15) is 0 Å². The van der Waals surface area contributed by atoms with E-state index in [1.807, 2.05) is 36.1 Å². The van der Waals surface area contributed by atoms with Gasteiger partial charge >= 0.3 is 0 Å². The van der Waals surface area contributed by atoms with Crippen molar-refractivity contribution in [1.29, 1.82) is 0 Å². The molecule has 0 spiro atoms. The molecule has 1 amide bonds. The molecular formula is C14H20N2O2S. The molecule has 1 aromatic carbocycles. The van der Waals surface area contributed by atoms with E-state index in [9.17, 15) is 4.79 Å². The van der Waals surface area contributed by atoms with E-state index in [1.54, 1.807) is 11.8 Å². The van der Waals surface area contributed by atoms with Gasteiger partial charge in [-0.3, -0.25) is 4.79 Å². The minimum atomic E-state index is -0.0712. The maximum atomic E-state index is 12.3. The Labute approximate surface area is 118 Å². The molecule has 1 fully saturated rings. The Bertz CT molecular complexity index is 416. The predicted molar refractivity (Wildman–Crippen MR) is 77.1 cm³/mol. The van der Waals surface area contributed by atoms with Crippen molar-refractivity contribution in [2.45, 2.75) is 23.7 Å². The molecule has 0 bridgehead atoms. The van der Waals surface area contributed by atoms with E-state index < -0.39 is 0 Å². The van der Waals surface area contributed by atoms with Crippen LogP contribution in [0.3, 0.4) is 0 Å². The molecule has 1 saturated heterocycles. The molecule has 0 aliphatic carbocycles. The molecular weight excluding hydrogens is 260 g/mol. The second kappa shape index (κ2) is 6.93. The molecule has 2 N–H and O–H groups in total. The molecule has 0 saturated carbocycles. The Balaban J connectivity index is 1.91. The third-order valence-corrected chi connectivity index (χ3v) is 4.29. The van der Waals surface area contributed by atoms with E-state index in [2.05, 4.69) is 5.32 Å². The van der Waals surface area contributed by atoms with Gasteiger partial charge in [0.2, 0.25) is 5.91 Å². The number of carbonyl (C=O) groups is 1. The third kappa shape index (κ3) is 3.96. The molecule has 5 heteroatoms. The maximum Gasteiger partial charge on any atom is 0.235 e. The topological polar surface area (TPSA) is 52.6 Å². The Morgan fingerprint density at radius 3 is 2.58 bits per heavy atom. The zero-order chi connectivity index (χ0) is 13.7. The Morgan fingerprint density at radius 2 is 2.00 bits per heavy atom. The summed E-state index contributed by atoms with van der Waals surface area (Å²) in [5.74, 6) is 0.206. The fraction of sp³-hybridized carbons (Fsp3) is 0.500. The number of nitrogens with one attached hydrogen (secondary N) is 1. The fourth-order valence-corrected chi connectivity index (χ4v) is 3.02. The SMILES string of the molecule is CC(Sc1ccc(CO)cc1)C(=O)N1CCNCC1. The van der Waals surface area contributed by atoms with Gasteiger partial charge in [-0.05, 0) is 24.6 Å². The molecule has 104 valence electrons. The van der Waals surface area contributed by atoms with Gasteiger partial charge in [-0.25, -0.2) is 0 Å². The standard InChI is InChI=1S/C14H20N2O2S/c1-11(14(18)16-8-6-15-7-9-16)19-13-4-2-12(10-17)3-5-13/h2-5,11,15,17H,6-10H2,1H3. The van der Waals surface area contributed by atoms with Gasteiger partial charge < -0.3 is 15.3 Å². The number of aliphatic hydroxyl groups is 1. The number of amides is 1. The van der Waals surface area contributed by atoms with E-state index in [0.717, 1.165) is 36.6 Å². The number of nitrogens with zero attached hydrogens (tertiary/aromatic N) is 1. The zero-order valence-electron chi connectivity index (χ0n) is 11.1. The van der Waals surface area contributed by atoms with Gasteiger partial charge in [-0.2, -0.15) is 0 Å². The van der Waals surface area contributed by atoms with Crippen molar-refractivity contribution in [2.24, 2.45) is 0 Å². The minimum absolute atomic E-state index is 0.0558. The largest absolute Gasteiger partial charge is 0.392 e. The average molecular weight is 280 g/mol. The molecule has 1 heterocycles. The molecule has 19 heavy (non-hydrogen) atoms. The van der Waals surface area contributed by atoms with Crippen molar-refractivity contribution in [2.75, 3.05) is 26.2 Å².